The van der Waals surface area contributed by atoms with Gasteiger partial charge in [-0.25, -0.2) is 0 Å². The van der Waals surface area contributed by atoms with Gasteiger partial charge in [-0.05, 0) is 31.6 Å². The molecule has 2 amide bonds. The quantitative estimate of drug-likeness (QED) is 0.788. The van der Waals surface area contributed by atoms with Crippen molar-refractivity contribution >= 4 is 11.8 Å². The Morgan fingerprint density at radius 2 is 1.42 bits per heavy atom. The summed E-state index contributed by atoms with van der Waals surface area (Å²) in [6.07, 6.45) is 6.68. The maximum absolute atomic E-state index is 13.0. The number of carbonyl (C=O) groups is 2. The third kappa shape index (κ3) is 4.73. The second kappa shape index (κ2) is 7.45. The highest BCUT2D eigenvalue weighted by Crippen LogP contribution is 2.34. The van der Waals surface area contributed by atoms with Crippen LogP contribution in [-0.4, -0.2) is 47.8 Å². The van der Waals surface area contributed by atoms with Crippen molar-refractivity contribution in [1.29, 1.82) is 0 Å². The van der Waals surface area contributed by atoms with Gasteiger partial charge in [0.05, 0.1) is 0 Å². The summed E-state index contributed by atoms with van der Waals surface area (Å²) in [6.45, 7) is 13.6. The molecule has 138 valence electrons. The van der Waals surface area contributed by atoms with Gasteiger partial charge in [0.2, 0.25) is 11.8 Å². The molecule has 0 spiro atoms. The van der Waals surface area contributed by atoms with E-state index in [9.17, 15) is 9.59 Å². The van der Waals surface area contributed by atoms with Gasteiger partial charge in [0.1, 0.15) is 0 Å². The second-order valence-electron chi connectivity index (χ2n) is 9.45. The van der Waals surface area contributed by atoms with Gasteiger partial charge < -0.3 is 9.80 Å². The molecule has 0 N–H and O–H groups in total. The lowest BCUT2D eigenvalue weighted by Crippen LogP contribution is -2.43. The van der Waals surface area contributed by atoms with Crippen molar-refractivity contribution in [2.24, 2.45) is 16.7 Å². The summed E-state index contributed by atoms with van der Waals surface area (Å²) in [7, 11) is 0. The SMILES string of the molecule is CC(C)(C)C(=O)N1CCC(CC(C)(C)C(=O)N2CCCCCC2)C1. The fourth-order valence-electron chi connectivity index (χ4n) is 4.17. The molecule has 0 saturated carbocycles. The average Bonchev–Trinajstić information content (AvgIpc) is 2.77. The van der Waals surface area contributed by atoms with E-state index in [1.807, 2.05) is 25.7 Å². The molecule has 2 fully saturated rings. The van der Waals surface area contributed by atoms with E-state index in [0.717, 1.165) is 51.9 Å². The first-order chi connectivity index (χ1) is 11.1. The number of amides is 2. The van der Waals surface area contributed by atoms with Crippen molar-refractivity contribution in [3.63, 3.8) is 0 Å². The Hall–Kier alpha value is -1.06. The molecule has 2 rings (SSSR count). The standard InChI is InChI=1S/C20H36N2O2/c1-19(2,3)17(23)22-13-10-16(15-22)14-20(4,5)18(24)21-11-8-6-7-9-12-21/h16H,6-15H2,1-5H3. The zero-order valence-electron chi connectivity index (χ0n) is 16.4. The molecule has 0 aromatic carbocycles. The normalized spacial score (nSPS) is 23.3. The van der Waals surface area contributed by atoms with E-state index in [0.29, 0.717) is 11.8 Å². The summed E-state index contributed by atoms with van der Waals surface area (Å²) < 4.78 is 0. The topological polar surface area (TPSA) is 40.6 Å². The summed E-state index contributed by atoms with van der Waals surface area (Å²) in [4.78, 5) is 29.5. The van der Waals surface area contributed by atoms with Crippen LogP contribution in [0.25, 0.3) is 0 Å². The second-order valence-corrected chi connectivity index (χ2v) is 9.45. The summed E-state index contributed by atoms with van der Waals surface area (Å²) in [5, 5.41) is 0. The molecule has 0 bridgehead atoms. The van der Waals surface area contributed by atoms with Crippen molar-refractivity contribution in [1.82, 2.24) is 9.80 Å². The summed E-state index contributed by atoms with van der Waals surface area (Å²) >= 11 is 0. The van der Waals surface area contributed by atoms with Gasteiger partial charge in [-0.15, -0.1) is 0 Å². The zero-order chi connectivity index (χ0) is 18.0. The van der Waals surface area contributed by atoms with E-state index in [1.165, 1.54) is 12.8 Å². The lowest BCUT2D eigenvalue weighted by molar-refractivity contribution is -0.141. The molecule has 1 atom stereocenters. The number of nitrogens with zero attached hydrogens (tertiary/aromatic N) is 2. The minimum absolute atomic E-state index is 0.238. The van der Waals surface area contributed by atoms with Crippen LogP contribution in [0.3, 0.4) is 0 Å². The maximum Gasteiger partial charge on any atom is 0.228 e. The van der Waals surface area contributed by atoms with Crippen LogP contribution in [-0.2, 0) is 9.59 Å². The predicted molar refractivity (Wildman–Crippen MR) is 97.6 cm³/mol. The first-order valence-electron chi connectivity index (χ1n) is 9.70. The minimum Gasteiger partial charge on any atom is -0.342 e. The molecule has 2 aliphatic rings. The van der Waals surface area contributed by atoms with Gasteiger partial charge in [0.15, 0.2) is 0 Å². The summed E-state index contributed by atoms with van der Waals surface area (Å²) in [6, 6.07) is 0. The lowest BCUT2D eigenvalue weighted by atomic mass is 9.81. The van der Waals surface area contributed by atoms with Gasteiger partial charge in [-0.2, -0.15) is 0 Å². The van der Waals surface area contributed by atoms with Crippen LogP contribution in [0.1, 0.15) is 73.1 Å². The number of carbonyl (C=O) groups excluding carboxylic acids is 2. The number of likely N-dealkylation sites (tertiary alicyclic amines) is 2. The van der Waals surface area contributed by atoms with E-state index in [4.69, 9.17) is 0 Å². The van der Waals surface area contributed by atoms with Crippen molar-refractivity contribution in [3.8, 4) is 0 Å². The minimum atomic E-state index is -0.324. The third-order valence-electron chi connectivity index (χ3n) is 5.49. The molecule has 0 aromatic heterocycles. The van der Waals surface area contributed by atoms with E-state index in [2.05, 4.69) is 18.7 Å². The molecular weight excluding hydrogens is 300 g/mol. The number of hydrogen-bond acceptors (Lipinski definition) is 2. The van der Waals surface area contributed by atoms with Crippen LogP contribution in [0.4, 0.5) is 0 Å². The predicted octanol–water partition coefficient (Wildman–Crippen LogP) is 3.70. The summed E-state index contributed by atoms with van der Waals surface area (Å²) in [5.41, 5.74) is -0.637. The fraction of sp³-hybridized carbons (Fsp3) is 0.900. The van der Waals surface area contributed by atoms with E-state index in [1.54, 1.807) is 0 Å². The Labute approximate surface area is 148 Å². The zero-order valence-corrected chi connectivity index (χ0v) is 16.4. The van der Waals surface area contributed by atoms with E-state index in [-0.39, 0.29) is 16.7 Å². The van der Waals surface area contributed by atoms with Gasteiger partial charge in [-0.3, -0.25) is 9.59 Å². The third-order valence-corrected chi connectivity index (χ3v) is 5.49. The Balaban J connectivity index is 1.92. The molecule has 0 radical (unpaired) electrons. The van der Waals surface area contributed by atoms with Crippen molar-refractivity contribution < 1.29 is 9.59 Å². The molecule has 2 aliphatic heterocycles. The monoisotopic (exact) mass is 336 g/mol. The highest BCUT2D eigenvalue weighted by atomic mass is 16.2. The fourth-order valence-corrected chi connectivity index (χ4v) is 4.17. The van der Waals surface area contributed by atoms with Crippen molar-refractivity contribution in [3.05, 3.63) is 0 Å². The molecule has 2 heterocycles. The maximum atomic E-state index is 13.0. The van der Waals surface area contributed by atoms with E-state index >= 15 is 0 Å². The molecule has 2 saturated heterocycles. The average molecular weight is 337 g/mol. The summed E-state index contributed by atoms with van der Waals surface area (Å²) in [5.74, 6) is 0.994. The molecule has 1 unspecified atom stereocenters. The molecule has 0 aliphatic carbocycles. The Kier molecular flexibility index (Phi) is 5.98. The Bertz CT molecular complexity index is 457. The van der Waals surface area contributed by atoms with Crippen molar-refractivity contribution in [2.45, 2.75) is 73.1 Å². The van der Waals surface area contributed by atoms with Crippen molar-refractivity contribution in [2.75, 3.05) is 26.2 Å². The van der Waals surface area contributed by atoms with Crippen LogP contribution in [0.2, 0.25) is 0 Å². The Morgan fingerprint density at radius 3 is 1.96 bits per heavy atom. The molecular formula is C20H36N2O2. The number of hydrogen-bond donors (Lipinski definition) is 0. The van der Waals surface area contributed by atoms with Gasteiger partial charge in [0, 0.05) is 37.0 Å². The Morgan fingerprint density at radius 1 is 0.833 bits per heavy atom. The molecule has 0 aromatic rings. The van der Waals surface area contributed by atoms with Gasteiger partial charge in [0.25, 0.3) is 0 Å². The van der Waals surface area contributed by atoms with E-state index < -0.39 is 0 Å². The van der Waals surface area contributed by atoms with Crippen LogP contribution < -0.4 is 0 Å². The first kappa shape index (κ1) is 19.3. The first-order valence-corrected chi connectivity index (χ1v) is 9.70. The highest BCUT2D eigenvalue weighted by Gasteiger charge is 2.38. The van der Waals surface area contributed by atoms with Crippen LogP contribution in [0, 0.1) is 16.7 Å². The molecule has 4 nitrogen and oxygen atoms in total. The van der Waals surface area contributed by atoms with Crippen LogP contribution >= 0.6 is 0 Å². The smallest absolute Gasteiger partial charge is 0.228 e. The van der Waals surface area contributed by atoms with Crippen LogP contribution in [0.15, 0.2) is 0 Å². The highest BCUT2D eigenvalue weighted by molar-refractivity contribution is 5.82. The van der Waals surface area contributed by atoms with Gasteiger partial charge in [-0.1, -0.05) is 47.5 Å². The van der Waals surface area contributed by atoms with Crippen LogP contribution in [0.5, 0.6) is 0 Å². The van der Waals surface area contributed by atoms with Gasteiger partial charge >= 0.3 is 0 Å². The number of rotatable bonds is 3. The molecule has 24 heavy (non-hydrogen) atoms. The lowest BCUT2D eigenvalue weighted by Gasteiger charge is -2.33. The molecule has 4 heteroatoms. The largest absolute Gasteiger partial charge is 0.342 e.